The maximum absolute atomic E-state index is 12.5. The molecule has 0 aromatic carbocycles. The molecule has 2 atom stereocenters. The number of aromatic nitrogens is 3. The van der Waals surface area contributed by atoms with Gasteiger partial charge in [-0.05, 0) is 26.0 Å². The monoisotopic (exact) mass is 345 g/mol. The summed E-state index contributed by atoms with van der Waals surface area (Å²) in [7, 11) is 3.99. The van der Waals surface area contributed by atoms with Crippen LogP contribution in [0.15, 0.2) is 23.0 Å². The Bertz CT molecular complexity index is 751. The van der Waals surface area contributed by atoms with Crippen molar-refractivity contribution in [2.45, 2.75) is 30.9 Å². The first kappa shape index (κ1) is 16.3. The van der Waals surface area contributed by atoms with E-state index in [9.17, 15) is 4.79 Å². The summed E-state index contributed by atoms with van der Waals surface area (Å²) in [6.45, 7) is 1.91. The number of likely N-dealkylation sites (N-methyl/N-ethyl adjacent to an activating group) is 1. The van der Waals surface area contributed by atoms with E-state index in [1.165, 1.54) is 6.26 Å². The topological polar surface area (TPSA) is 85.4 Å². The predicted octanol–water partition coefficient (Wildman–Crippen LogP) is 1.09. The molecule has 1 amide bonds. The first-order valence-corrected chi connectivity index (χ1v) is 8.67. The number of aryl methyl sites for hydroxylation is 1. The van der Waals surface area contributed by atoms with Gasteiger partial charge in [-0.3, -0.25) is 14.4 Å². The Morgan fingerprint density at radius 2 is 2.24 bits per heavy atom. The highest BCUT2D eigenvalue weighted by Gasteiger charge is 2.35. The Hall–Kier alpha value is -2.19. The van der Waals surface area contributed by atoms with Crippen molar-refractivity contribution in [1.29, 1.82) is 0 Å². The lowest BCUT2D eigenvalue weighted by atomic mass is 10.0. The normalized spacial score (nSPS) is 24.4. The number of carbonyl (C=O) groups is 1. The van der Waals surface area contributed by atoms with Gasteiger partial charge in [0.1, 0.15) is 11.8 Å². The molecule has 3 heterocycles. The highest BCUT2D eigenvalue weighted by molar-refractivity contribution is 5.95. The number of amides is 1. The molecule has 2 fully saturated rings. The Balaban J connectivity index is 1.46. The zero-order valence-electron chi connectivity index (χ0n) is 14.5. The summed E-state index contributed by atoms with van der Waals surface area (Å²) in [5, 5.41) is 11.2. The molecule has 0 radical (unpaired) electrons. The molecular formula is C17H23N5O3. The third-order valence-electron chi connectivity index (χ3n) is 5.03. The smallest absolute Gasteiger partial charge is 0.256 e. The fourth-order valence-electron chi connectivity index (χ4n) is 3.48. The lowest BCUT2D eigenvalue weighted by molar-refractivity contribution is -0.0629. The second kappa shape index (κ2) is 6.61. The maximum atomic E-state index is 12.5. The summed E-state index contributed by atoms with van der Waals surface area (Å²) < 4.78 is 12.8. The molecule has 0 bridgehead atoms. The van der Waals surface area contributed by atoms with Gasteiger partial charge < -0.3 is 14.6 Å². The molecule has 8 nitrogen and oxygen atoms in total. The second-order valence-corrected chi connectivity index (χ2v) is 6.81. The van der Waals surface area contributed by atoms with Crippen LogP contribution in [0.3, 0.4) is 0 Å². The van der Waals surface area contributed by atoms with Crippen LogP contribution in [0, 0.1) is 0 Å². The van der Waals surface area contributed by atoms with Crippen LogP contribution in [-0.4, -0.2) is 58.6 Å². The number of rotatable bonds is 5. The van der Waals surface area contributed by atoms with Gasteiger partial charge in [-0.25, -0.2) is 0 Å². The van der Waals surface area contributed by atoms with Crippen LogP contribution in [-0.2, 0) is 11.8 Å². The van der Waals surface area contributed by atoms with Crippen LogP contribution in [0.4, 0.5) is 0 Å². The number of nitrogens with zero attached hydrogens (tertiary/aromatic N) is 4. The molecule has 25 heavy (non-hydrogen) atoms. The van der Waals surface area contributed by atoms with E-state index < -0.39 is 0 Å². The van der Waals surface area contributed by atoms with Gasteiger partial charge >= 0.3 is 0 Å². The summed E-state index contributed by atoms with van der Waals surface area (Å²) in [5.41, 5.74) is 2.40. The molecule has 1 aliphatic carbocycles. The number of hydrogen-bond donors (Lipinski definition) is 1. The van der Waals surface area contributed by atoms with E-state index in [1.807, 2.05) is 17.8 Å². The summed E-state index contributed by atoms with van der Waals surface area (Å²) in [6.07, 6.45) is 5.24. The van der Waals surface area contributed by atoms with Crippen LogP contribution in [0.2, 0.25) is 0 Å². The first-order valence-electron chi connectivity index (χ1n) is 8.67. The van der Waals surface area contributed by atoms with Crippen LogP contribution >= 0.6 is 0 Å². The summed E-state index contributed by atoms with van der Waals surface area (Å²) in [5.74, 6) is 0.225. The van der Waals surface area contributed by atoms with Gasteiger partial charge in [-0.1, -0.05) is 5.16 Å². The van der Waals surface area contributed by atoms with E-state index in [4.69, 9.17) is 9.26 Å². The lowest BCUT2D eigenvalue weighted by Gasteiger charge is -2.39. The quantitative estimate of drug-likeness (QED) is 0.873. The largest absolute Gasteiger partial charge is 0.373 e. The molecule has 1 saturated carbocycles. The minimum Gasteiger partial charge on any atom is -0.373 e. The van der Waals surface area contributed by atoms with Crippen molar-refractivity contribution in [1.82, 2.24) is 25.2 Å². The van der Waals surface area contributed by atoms with Crippen molar-refractivity contribution < 1.29 is 14.1 Å². The predicted molar refractivity (Wildman–Crippen MR) is 89.1 cm³/mol. The van der Waals surface area contributed by atoms with Crippen molar-refractivity contribution in [2.75, 3.05) is 26.7 Å². The van der Waals surface area contributed by atoms with Crippen LogP contribution < -0.4 is 5.32 Å². The highest BCUT2D eigenvalue weighted by atomic mass is 16.5. The Morgan fingerprint density at radius 1 is 1.40 bits per heavy atom. The Labute approximate surface area is 146 Å². The molecule has 0 spiro atoms. The van der Waals surface area contributed by atoms with Gasteiger partial charge in [0, 0.05) is 32.3 Å². The fourth-order valence-corrected chi connectivity index (χ4v) is 3.48. The van der Waals surface area contributed by atoms with Gasteiger partial charge in [0.05, 0.1) is 30.1 Å². The van der Waals surface area contributed by atoms with Gasteiger partial charge in [-0.2, -0.15) is 5.10 Å². The molecule has 8 heteroatoms. The SMILES string of the molecule is CN1CCO[C@@H](CNC(=O)c2conc2C2CC2)[C@@H]1c1ccnn1C. The van der Waals surface area contributed by atoms with E-state index in [0.717, 1.165) is 30.8 Å². The van der Waals surface area contributed by atoms with E-state index >= 15 is 0 Å². The number of hydrogen-bond acceptors (Lipinski definition) is 6. The minimum atomic E-state index is -0.149. The first-order chi connectivity index (χ1) is 12.1. The third-order valence-corrected chi connectivity index (χ3v) is 5.03. The van der Waals surface area contributed by atoms with Crippen molar-refractivity contribution in [2.24, 2.45) is 7.05 Å². The molecule has 2 aromatic rings. The van der Waals surface area contributed by atoms with Crippen LogP contribution in [0.5, 0.6) is 0 Å². The number of nitrogens with one attached hydrogen (secondary N) is 1. The maximum Gasteiger partial charge on any atom is 0.256 e. The Morgan fingerprint density at radius 3 is 2.96 bits per heavy atom. The van der Waals surface area contributed by atoms with Crippen molar-refractivity contribution in [3.8, 4) is 0 Å². The van der Waals surface area contributed by atoms with Gasteiger partial charge in [0.15, 0.2) is 0 Å². The zero-order chi connectivity index (χ0) is 17.4. The molecule has 1 aliphatic heterocycles. The number of carbonyl (C=O) groups excluding carboxylic acids is 1. The average molecular weight is 345 g/mol. The molecule has 0 unspecified atom stereocenters. The molecule has 134 valence electrons. The summed E-state index contributed by atoms with van der Waals surface area (Å²) >= 11 is 0. The molecule has 2 aromatic heterocycles. The molecule has 1 saturated heterocycles. The van der Waals surface area contributed by atoms with Gasteiger partial charge in [-0.15, -0.1) is 0 Å². The second-order valence-electron chi connectivity index (χ2n) is 6.81. The van der Waals surface area contributed by atoms with E-state index in [1.54, 1.807) is 6.20 Å². The minimum absolute atomic E-state index is 0.0481. The van der Waals surface area contributed by atoms with Crippen LogP contribution in [0.25, 0.3) is 0 Å². The summed E-state index contributed by atoms with van der Waals surface area (Å²) in [4.78, 5) is 14.8. The van der Waals surface area contributed by atoms with Crippen molar-refractivity contribution in [3.63, 3.8) is 0 Å². The fraction of sp³-hybridized carbons (Fsp3) is 0.588. The summed E-state index contributed by atoms with van der Waals surface area (Å²) in [6, 6.07) is 2.04. The van der Waals surface area contributed by atoms with Crippen LogP contribution in [0.1, 0.15) is 46.5 Å². The van der Waals surface area contributed by atoms with E-state index in [-0.39, 0.29) is 18.1 Å². The number of ether oxygens (including phenoxy) is 1. The van der Waals surface area contributed by atoms with Gasteiger partial charge in [0.25, 0.3) is 5.91 Å². The van der Waals surface area contributed by atoms with Crippen molar-refractivity contribution >= 4 is 5.91 Å². The molecule has 2 aliphatic rings. The zero-order valence-corrected chi connectivity index (χ0v) is 14.5. The Kier molecular flexibility index (Phi) is 4.30. The van der Waals surface area contributed by atoms with E-state index in [2.05, 4.69) is 27.5 Å². The van der Waals surface area contributed by atoms with E-state index in [0.29, 0.717) is 24.6 Å². The average Bonchev–Trinajstić information content (AvgIpc) is 3.17. The molecule has 4 rings (SSSR count). The highest BCUT2D eigenvalue weighted by Crippen LogP contribution is 2.40. The lowest BCUT2D eigenvalue weighted by Crippen LogP contribution is -2.48. The molecule has 1 N–H and O–H groups in total. The number of morpholine rings is 1. The van der Waals surface area contributed by atoms with Crippen molar-refractivity contribution in [3.05, 3.63) is 35.5 Å². The van der Waals surface area contributed by atoms with Gasteiger partial charge in [0.2, 0.25) is 0 Å². The third kappa shape index (κ3) is 3.19. The standard InChI is InChI=1S/C17H23N5O3/c1-21-7-8-24-14(16(21)13-5-6-19-22(13)2)9-18-17(23)12-10-25-20-15(12)11-3-4-11/h5-6,10-11,14,16H,3-4,7-9H2,1-2H3,(H,18,23)/t14-,16-/m0/s1. The molecular weight excluding hydrogens is 322 g/mol.